The van der Waals surface area contributed by atoms with Crippen molar-refractivity contribution < 1.29 is 9.21 Å². The van der Waals surface area contributed by atoms with E-state index in [0.29, 0.717) is 17.0 Å². The highest BCUT2D eigenvalue weighted by Crippen LogP contribution is 2.25. The fourth-order valence-corrected chi connectivity index (χ4v) is 2.90. The number of nitrogens with one attached hydrogen (secondary N) is 1. The highest BCUT2D eigenvalue weighted by atomic mass is 16.3. The van der Waals surface area contributed by atoms with Crippen molar-refractivity contribution in [2.75, 3.05) is 0 Å². The Kier molecular flexibility index (Phi) is 4.19. The van der Waals surface area contributed by atoms with Gasteiger partial charge in [0.15, 0.2) is 5.76 Å². The molecule has 3 heterocycles. The fraction of sp³-hybridized carbons (Fsp3) is 0.0952. The second kappa shape index (κ2) is 6.80. The minimum Gasteiger partial charge on any atom is -0.463 e. The molecule has 4 aromatic rings. The summed E-state index contributed by atoms with van der Waals surface area (Å²) >= 11 is 0. The molecule has 128 valence electrons. The Hall–Kier alpha value is -3.47. The normalized spacial score (nSPS) is 12.0. The summed E-state index contributed by atoms with van der Waals surface area (Å²) in [4.78, 5) is 21.7. The topological polar surface area (TPSA) is 68.0 Å². The summed E-state index contributed by atoms with van der Waals surface area (Å²) in [6.45, 7) is 1.94. The highest BCUT2D eigenvalue weighted by Gasteiger charge is 2.17. The maximum absolute atomic E-state index is 13.0. The number of aromatic nitrogens is 2. The van der Waals surface area contributed by atoms with Gasteiger partial charge in [-0.25, -0.2) is 4.98 Å². The van der Waals surface area contributed by atoms with Crippen LogP contribution in [0, 0.1) is 0 Å². The van der Waals surface area contributed by atoms with E-state index in [1.165, 1.54) is 0 Å². The van der Waals surface area contributed by atoms with Gasteiger partial charge in [-0.05, 0) is 42.8 Å². The molecule has 5 heteroatoms. The SMILES string of the molecule is CC(NC(=O)c1cc(-c2ccco2)nc2ccccc12)c1cccnc1. The van der Waals surface area contributed by atoms with E-state index < -0.39 is 0 Å². The van der Waals surface area contributed by atoms with E-state index in [-0.39, 0.29) is 11.9 Å². The molecule has 0 bridgehead atoms. The number of furan rings is 1. The maximum atomic E-state index is 13.0. The zero-order valence-electron chi connectivity index (χ0n) is 14.2. The summed E-state index contributed by atoms with van der Waals surface area (Å²) in [5, 5.41) is 3.84. The van der Waals surface area contributed by atoms with Crippen LogP contribution in [0.4, 0.5) is 0 Å². The first-order valence-electron chi connectivity index (χ1n) is 8.37. The van der Waals surface area contributed by atoms with Crippen LogP contribution in [0.5, 0.6) is 0 Å². The van der Waals surface area contributed by atoms with Crippen molar-refractivity contribution in [3.8, 4) is 11.5 Å². The molecule has 0 aliphatic carbocycles. The molecule has 1 N–H and O–H groups in total. The second-order valence-electron chi connectivity index (χ2n) is 6.03. The van der Waals surface area contributed by atoms with Gasteiger partial charge in [-0.1, -0.05) is 24.3 Å². The number of carbonyl (C=O) groups is 1. The van der Waals surface area contributed by atoms with Gasteiger partial charge >= 0.3 is 0 Å². The lowest BCUT2D eigenvalue weighted by molar-refractivity contribution is 0.0941. The molecule has 1 atom stereocenters. The monoisotopic (exact) mass is 343 g/mol. The first kappa shape index (κ1) is 16.0. The van der Waals surface area contributed by atoms with Crippen LogP contribution in [0.15, 0.2) is 77.7 Å². The van der Waals surface area contributed by atoms with Crippen LogP contribution in [0.3, 0.4) is 0 Å². The predicted molar refractivity (Wildman–Crippen MR) is 99.6 cm³/mol. The fourth-order valence-electron chi connectivity index (χ4n) is 2.90. The lowest BCUT2D eigenvalue weighted by atomic mass is 10.0. The van der Waals surface area contributed by atoms with Gasteiger partial charge in [0.05, 0.1) is 23.4 Å². The minimum atomic E-state index is -0.159. The molecule has 1 amide bonds. The quantitative estimate of drug-likeness (QED) is 0.597. The van der Waals surface area contributed by atoms with E-state index in [1.54, 1.807) is 30.8 Å². The molecular formula is C21H17N3O2. The van der Waals surface area contributed by atoms with Gasteiger partial charge in [0.25, 0.3) is 5.91 Å². The van der Waals surface area contributed by atoms with Crippen molar-refractivity contribution in [2.24, 2.45) is 0 Å². The summed E-state index contributed by atoms with van der Waals surface area (Å²) in [7, 11) is 0. The summed E-state index contributed by atoms with van der Waals surface area (Å²) < 4.78 is 5.45. The molecule has 26 heavy (non-hydrogen) atoms. The van der Waals surface area contributed by atoms with Crippen LogP contribution in [0.25, 0.3) is 22.4 Å². The number of amides is 1. The van der Waals surface area contributed by atoms with E-state index in [2.05, 4.69) is 15.3 Å². The van der Waals surface area contributed by atoms with Crippen molar-refractivity contribution in [1.29, 1.82) is 0 Å². The van der Waals surface area contributed by atoms with Crippen LogP contribution in [0.1, 0.15) is 28.9 Å². The number of hydrogen-bond donors (Lipinski definition) is 1. The van der Waals surface area contributed by atoms with E-state index in [4.69, 9.17) is 4.42 Å². The number of benzene rings is 1. The van der Waals surface area contributed by atoms with Crippen molar-refractivity contribution in [2.45, 2.75) is 13.0 Å². The zero-order chi connectivity index (χ0) is 17.9. The number of rotatable bonds is 4. The molecule has 0 saturated heterocycles. The van der Waals surface area contributed by atoms with Crippen molar-refractivity contribution >= 4 is 16.8 Å². The predicted octanol–water partition coefficient (Wildman–Crippen LogP) is 4.38. The molecule has 0 fully saturated rings. The summed E-state index contributed by atoms with van der Waals surface area (Å²) in [5.41, 5.74) is 2.90. The number of pyridine rings is 2. The molecule has 1 unspecified atom stereocenters. The first-order valence-corrected chi connectivity index (χ1v) is 8.37. The van der Waals surface area contributed by atoms with Gasteiger partial charge in [-0.3, -0.25) is 9.78 Å². The summed E-state index contributed by atoms with van der Waals surface area (Å²) in [5.74, 6) is 0.470. The standard InChI is InChI=1S/C21H17N3O2/c1-14(15-6-4-10-22-13-15)23-21(25)17-12-19(20-9-5-11-26-20)24-18-8-3-2-7-16(17)18/h2-14H,1H3,(H,23,25). The number of carbonyl (C=O) groups excluding carboxylic acids is 1. The third kappa shape index (κ3) is 3.07. The Morgan fingerprint density at radius 1 is 1.12 bits per heavy atom. The van der Waals surface area contributed by atoms with Gasteiger partial charge in [-0.15, -0.1) is 0 Å². The van der Waals surface area contributed by atoms with E-state index >= 15 is 0 Å². The Balaban J connectivity index is 1.73. The molecule has 4 rings (SSSR count). The Bertz CT molecular complexity index is 1040. The van der Waals surface area contributed by atoms with Crippen molar-refractivity contribution in [3.05, 3.63) is 84.4 Å². The first-order chi connectivity index (χ1) is 12.7. The van der Waals surface area contributed by atoms with Gasteiger partial charge < -0.3 is 9.73 Å². The molecule has 5 nitrogen and oxygen atoms in total. The average molecular weight is 343 g/mol. The number of hydrogen-bond acceptors (Lipinski definition) is 4. The Morgan fingerprint density at radius 2 is 2.00 bits per heavy atom. The van der Waals surface area contributed by atoms with E-state index in [0.717, 1.165) is 16.5 Å². The number of para-hydroxylation sites is 1. The maximum Gasteiger partial charge on any atom is 0.252 e. The molecule has 3 aromatic heterocycles. The van der Waals surface area contributed by atoms with Gasteiger partial charge in [0.2, 0.25) is 0 Å². The van der Waals surface area contributed by atoms with E-state index in [1.807, 2.05) is 49.4 Å². The number of nitrogens with zero attached hydrogens (tertiary/aromatic N) is 2. The highest BCUT2D eigenvalue weighted by molar-refractivity contribution is 6.07. The summed E-state index contributed by atoms with van der Waals surface area (Å²) in [6.07, 6.45) is 5.06. The van der Waals surface area contributed by atoms with Crippen LogP contribution >= 0.6 is 0 Å². The lowest BCUT2D eigenvalue weighted by Gasteiger charge is -2.15. The van der Waals surface area contributed by atoms with Crippen LogP contribution in [-0.4, -0.2) is 15.9 Å². The Labute approximate surface area is 150 Å². The largest absolute Gasteiger partial charge is 0.463 e. The third-order valence-corrected chi connectivity index (χ3v) is 4.27. The smallest absolute Gasteiger partial charge is 0.252 e. The molecule has 0 aliphatic heterocycles. The van der Waals surface area contributed by atoms with Crippen LogP contribution in [0.2, 0.25) is 0 Å². The molecule has 0 aliphatic rings. The second-order valence-corrected chi connectivity index (χ2v) is 6.03. The molecule has 1 aromatic carbocycles. The molecular weight excluding hydrogens is 326 g/mol. The molecule has 0 spiro atoms. The van der Waals surface area contributed by atoms with Crippen molar-refractivity contribution in [1.82, 2.24) is 15.3 Å². The zero-order valence-corrected chi connectivity index (χ0v) is 14.2. The van der Waals surface area contributed by atoms with Gasteiger partial charge in [0.1, 0.15) is 5.69 Å². The van der Waals surface area contributed by atoms with Gasteiger partial charge in [-0.2, -0.15) is 0 Å². The number of fused-ring (bicyclic) bond motifs is 1. The van der Waals surface area contributed by atoms with Crippen LogP contribution in [-0.2, 0) is 0 Å². The lowest BCUT2D eigenvalue weighted by Crippen LogP contribution is -2.27. The minimum absolute atomic E-state index is 0.157. The summed E-state index contributed by atoms with van der Waals surface area (Å²) in [6, 6.07) is 16.6. The molecule has 0 saturated carbocycles. The average Bonchev–Trinajstić information content (AvgIpc) is 3.22. The van der Waals surface area contributed by atoms with Gasteiger partial charge in [0, 0.05) is 17.8 Å². The third-order valence-electron chi connectivity index (χ3n) is 4.27. The van der Waals surface area contributed by atoms with Crippen molar-refractivity contribution in [3.63, 3.8) is 0 Å². The molecule has 0 radical (unpaired) electrons. The van der Waals surface area contributed by atoms with Crippen LogP contribution < -0.4 is 5.32 Å². The Morgan fingerprint density at radius 3 is 2.77 bits per heavy atom. The van der Waals surface area contributed by atoms with E-state index in [9.17, 15) is 4.79 Å².